The number of hydrogen-bond donors (Lipinski definition) is 2. The van der Waals surface area contributed by atoms with E-state index in [1.165, 1.54) is 0 Å². The zero-order valence-electron chi connectivity index (χ0n) is 13.4. The first-order valence-electron chi connectivity index (χ1n) is 8.24. The fourth-order valence-corrected chi connectivity index (χ4v) is 4.42. The molecular formula is C15H20N6O2S. The number of aromatic nitrogens is 5. The maximum absolute atomic E-state index is 11.9. The van der Waals surface area contributed by atoms with Gasteiger partial charge >= 0.3 is 0 Å². The van der Waals surface area contributed by atoms with Gasteiger partial charge in [-0.1, -0.05) is 6.42 Å². The van der Waals surface area contributed by atoms with Crippen LogP contribution in [0, 0.1) is 0 Å². The molecule has 0 aliphatic heterocycles. The SMILES string of the molecule is CCS(=O)(=O)N[C@H]1CCC[C@@H](c2nnc3cnc4[nH]ccc4n23)C1. The Morgan fingerprint density at radius 3 is 3.08 bits per heavy atom. The quantitative estimate of drug-likeness (QED) is 0.744. The molecule has 2 N–H and O–H groups in total. The van der Waals surface area contributed by atoms with Crippen LogP contribution in [-0.2, 0) is 10.0 Å². The van der Waals surface area contributed by atoms with E-state index in [1.54, 1.807) is 13.1 Å². The van der Waals surface area contributed by atoms with Gasteiger partial charge in [-0.25, -0.2) is 18.1 Å². The second-order valence-electron chi connectivity index (χ2n) is 6.30. The third-order valence-electron chi connectivity index (χ3n) is 4.73. The lowest BCUT2D eigenvalue weighted by Gasteiger charge is -2.28. The van der Waals surface area contributed by atoms with Crippen LogP contribution in [0.25, 0.3) is 16.8 Å². The smallest absolute Gasteiger partial charge is 0.211 e. The van der Waals surface area contributed by atoms with Gasteiger partial charge in [0.05, 0.1) is 17.5 Å². The molecular weight excluding hydrogens is 328 g/mol. The molecule has 1 fully saturated rings. The molecule has 3 aromatic rings. The van der Waals surface area contributed by atoms with Gasteiger partial charge in [0.1, 0.15) is 5.82 Å². The van der Waals surface area contributed by atoms with Crippen LogP contribution in [0.15, 0.2) is 18.5 Å². The molecule has 9 heteroatoms. The minimum Gasteiger partial charge on any atom is -0.345 e. The monoisotopic (exact) mass is 348 g/mol. The average Bonchev–Trinajstić information content (AvgIpc) is 3.20. The Morgan fingerprint density at radius 1 is 1.38 bits per heavy atom. The molecule has 8 nitrogen and oxygen atoms in total. The van der Waals surface area contributed by atoms with Gasteiger partial charge in [0, 0.05) is 18.2 Å². The number of sulfonamides is 1. The summed E-state index contributed by atoms with van der Waals surface area (Å²) in [4.78, 5) is 7.43. The Hall–Kier alpha value is -2.00. The van der Waals surface area contributed by atoms with Gasteiger partial charge in [-0.2, -0.15) is 0 Å². The Balaban J connectivity index is 1.68. The summed E-state index contributed by atoms with van der Waals surface area (Å²) >= 11 is 0. The summed E-state index contributed by atoms with van der Waals surface area (Å²) in [5, 5.41) is 8.62. The number of aromatic amines is 1. The maximum Gasteiger partial charge on any atom is 0.211 e. The topological polar surface area (TPSA) is 105 Å². The molecule has 3 heterocycles. The van der Waals surface area contributed by atoms with Gasteiger partial charge in [0.2, 0.25) is 10.0 Å². The fraction of sp³-hybridized carbons (Fsp3) is 0.533. The molecule has 24 heavy (non-hydrogen) atoms. The summed E-state index contributed by atoms with van der Waals surface area (Å²) in [7, 11) is -3.19. The van der Waals surface area contributed by atoms with Gasteiger partial charge in [-0.15, -0.1) is 10.2 Å². The van der Waals surface area contributed by atoms with Crippen molar-refractivity contribution >= 4 is 26.8 Å². The summed E-state index contributed by atoms with van der Waals surface area (Å²) in [6.45, 7) is 1.66. The Labute approximate surface area is 139 Å². The van der Waals surface area contributed by atoms with Crippen molar-refractivity contribution in [2.75, 3.05) is 5.75 Å². The van der Waals surface area contributed by atoms with Crippen molar-refractivity contribution in [3.05, 3.63) is 24.3 Å². The van der Waals surface area contributed by atoms with Gasteiger partial charge in [0.25, 0.3) is 0 Å². The van der Waals surface area contributed by atoms with Crippen LogP contribution in [0.4, 0.5) is 0 Å². The number of rotatable bonds is 4. The van der Waals surface area contributed by atoms with Gasteiger partial charge in [-0.3, -0.25) is 4.40 Å². The zero-order valence-corrected chi connectivity index (χ0v) is 14.3. The number of fused-ring (bicyclic) bond motifs is 3. The Bertz CT molecular complexity index is 976. The summed E-state index contributed by atoms with van der Waals surface area (Å²) in [5.74, 6) is 1.17. The second kappa shape index (κ2) is 5.82. The van der Waals surface area contributed by atoms with Gasteiger partial charge < -0.3 is 4.98 Å². The summed E-state index contributed by atoms with van der Waals surface area (Å²) < 4.78 is 28.6. The predicted octanol–water partition coefficient (Wildman–Crippen LogP) is 1.57. The highest BCUT2D eigenvalue weighted by Gasteiger charge is 2.29. The molecule has 0 unspecified atom stereocenters. The number of hydrogen-bond acceptors (Lipinski definition) is 5. The lowest BCUT2D eigenvalue weighted by atomic mass is 9.85. The third kappa shape index (κ3) is 2.67. The minimum atomic E-state index is -3.19. The van der Waals surface area contributed by atoms with E-state index in [9.17, 15) is 8.42 Å². The molecule has 0 amide bonds. The average molecular weight is 348 g/mol. The lowest BCUT2D eigenvalue weighted by molar-refractivity contribution is 0.361. The highest BCUT2D eigenvalue weighted by molar-refractivity contribution is 7.89. The van der Waals surface area contributed by atoms with Crippen LogP contribution < -0.4 is 4.72 Å². The molecule has 128 valence electrons. The largest absolute Gasteiger partial charge is 0.345 e. The van der Waals surface area contributed by atoms with Crippen LogP contribution in [-0.4, -0.2) is 44.8 Å². The highest BCUT2D eigenvalue weighted by atomic mass is 32.2. The van der Waals surface area contributed by atoms with Crippen LogP contribution >= 0.6 is 0 Å². The van der Waals surface area contributed by atoms with Crippen LogP contribution in [0.3, 0.4) is 0 Å². The molecule has 3 aromatic heterocycles. The van der Waals surface area contributed by atoms with Crippen molar-refractivity contribution in [2.45, 2.75) is 44.6 Å². The van der Waals surface area contributed by atoms with Crippen LogP contribution in [0.2, 0.25) is 0 Å². The van der Waals surface area contributed by atoms with E-state index in [-0.39, 0.29) is 17.7 Å². The molecule has 0 aromatic carbocycles. The molecule has 0 spiro atoms. The molecule has 2 atom stereocenters. The molecule has 0 radical (unpaired) electrons. The lowest BCUT2D eigenvalue weighted by Crippen LogP contribution is -2.39. The second-order valence-corrected chi connectivity index (χ2v) is 8.35. The van der Waals surface area contributed by atoms with E-state index < -0.39 is 10.0 Å². The predicted molar refractivity (Wildman–Crippen MR) is 90.2 cm³/mol. The Kier molecular flexibility index (Phi) is 3.76. The summed E-state index contributed by atoms with van der Waals surface area (Å²) in [6.07, 6.45) is 7.12. The van der Waals surface area contributed by atoms with E-state index in [2.05, 4.69) is 24.9 Å². The van der Waals surface area contributed by atoms with E-state index >= 15 is 0 Å². The highest BCUT2D eigenvalue weighted by Crippen LogP contribution is 2.33. The maximum atomic E-state index is 11.9. The van der Waals surface area contributed by atoms with Crippen molar-refractivity contribution in [3.8, 4) is 0 Å². The van der Waals surface area contributed by atoms with E-state index in [0.717, 1.165) is 42.7 Å². The summed E-state index contributed by atoms with van der Waals surface area (Å²) in [5.41, 5.74) is 2.46. The molecule has 1 aliphatic carbocycles. The molecule has 0 bridgehead atoms. The van der Waals surface area contributed by atoms with Crippen molar-refractivity contribution in [3.63, 3.8) is 0 Å². The number of nitrogens with one attached hydrogen (secondary N) is 2. The Morgan fingerprint density at radius 2 is 2.25 bits per heavy atom. The van der Waals surface area contributed by atoms with Crippen molar-refractivity contribution < 1.29 is 8.42 Å². The minimum absolute atomic E-state index is 0.0374. The normalized spacial score (nSPS) is 22.4. The van der Waals surface area contributed by atoms with Crippen molar-refractivity contribution in [2.24, 2.45) is 0 Å². The number of H-pyrrole nitrogens is 1. The first kappa shape index (κ1) is 15.5. The zero-order chi connectivity index (χ0) is 16.7. The first-order valence-corrected chi connectivity index (χ1v) is 9.90. The molecule has 4 rings (SSSR count). The molecule has 1 aliphatic rings. The first-order chi connectivity index (χ1) is 11.6. The third-order valence-corrected chi connectivity index (χ3v) is 6.19. The van der Waals surface area contributed by atoms with E-state index in [1.807, 2.05) is 16.7 Å². The van der Waals surface area contributed by atoms with Crippen LogP contribution in [0.1, 0.15) is 44.3 Å². The summed E-state index contributed by atoms with van der Waals surface area (Å²) in [6, 6.07) is 1.92. The van der Waals surface area contributed by atoms with E-state index in [0.29, 0.717) is 5.65 Å². The van der Waals surface area contributed by atoms with Crippen LogP contribution in [0.5, 0.6) is 0 Å². The number of nitrogens with zero attached hydrogens (tertiary/aromatic N) is 4. The van der Waals surface area contributed by atoms with Crippen molar-refractivity contribution in [1.29, 1.82) is 0 Å². The van der Waals surface area contributed by atoms with Gasteiger partial charge in [-0.05, 0) is 32.3 Å². The van der Waals surface area contributed by atoms with Crippen molar-refractivity contribution in [1.82, 2.24) is 29.3 Å². The fourth-order valence-electron chi connectivity index (χ4n) is 3.53. The standard InChI is InChI=1S/C15H20N6O2S/c1-2-24(22,23)20-11-5-3-4-10(8-11)15-19-18-13-9-17-14-12(21(13)15)6-7-16-14/h6-7,9-11,16,20H,2-5,8H2,1H3/t10-,11+/m1/s1. The van der Waals surface area contributed by atoms with Gasteiger partial charge in [0.15, 0.2) is 11.3 Å². The molecule has 0 saturated heterocycles. The van der Waals surface area contributed by atoms with E-state index in [4.69, 9.17) is 0 Å². The molecule has 1 saturated carbocycles.